The number of hydrogen-bond acceptors (Lipinski definition) is 4. The number of anilines is 1. The third kappa shape index (κ3) is 4.05. The lowest BCUT2D eigenvalue weighted by Gasteiger charge is -2.12. The van der Waals surface area contributed by atoms with Gasteiger partial charge in [0.15, 0.2) is 11.0 Å². The Labute approximate surface area is 159 Å². The first-order valence-electron chi connectivity index (χ1n) is 7.83. The SMILES string of the molecule is C[C@@H](Sc1nnc(-c2ccccc2Cl)n1C)C(=O)Nc1cccc(F)c1. The van der Waals surface area contributed by atoms with E-state index in [0.717, 1.165) is 5.56 Å². The van der Waals surface area contributed by atoms with E-state index < -0.39 is 11.1 Å². The second-order valence-corrected chi connectivity index (χ2v) is 7.32. The number of carbonyl (C=O) groups excluding carboxylic acids is 1. The summed E-state index contributed by atoms with van der Waals surface area (Å²) < 4.78 is 15.0. The molecule has 0 aliphatic carbocycles. The van der Waals surface area contributed by atoms with Crippen LogP contribution in [0, 0.1) is 5.82 Å². The Hall–Kier alpha value is -2.38. The number of carbonyl (C=O) groups is 1. The van der Waals surface area contributed by atoms with Crippen LogP contribution in [0.5, 0.6) is 0 Å². The molecule has 0 saturated carbocycles. The van der Waals surface area contributed by atoms with Gasteiger partial charge in [-0.15, -0.1) is 10.2 Å². The number of hydrogen-bond donors (Lipinski definition) is 1. The van der Waals surface area contributed by atoms with Crippen molar-refractivity contribution >= 4 is 35.0 Å². The first-order valence-corrected chi connectivity index (χ1v) is 9.09. The van der Waals surface area contributed by atoms with Crippen LogP contribution < -0.4 is 5.32 Å². The van der Waals surface area contributed by atoms with Crippen molar-refractivity contribution in [3.63, 3.8) is 0 Å². The van der Waals surface area contributed by atoms with Crippen molar-refractivity contribution in [3.8, 4) is 11.4 Å². The standard InChI is InChI=1S/C18H16ClFN4OS/c1-11(17(25)21-13-7-5-6-12(20)10-13)26-18-23-22-16(24(18)2)14-8-3-4-9-15(14)19/h3-11H,1-2H3,(H,21,25)/t11-/m1/s1. The van der Waals surface area contributed by atoms with Crippen molar-refractivity contribution in [2.45, 2.75) is 17.3 Å². The van der Waals surface area contributed by atoms with E-state index in [2.05, 4.69) is 15.5 Å². The molecule has 1 atom stereocenters. The highest BCUT2D eigenvalue weighted by atomic mass is 35.5. The molecular formula is C18H16ClFN4OS. The maximum Gasteiger partial charge on any atom is 0.237 e. The van der Waals surface area contributed by atoms with Crippen LogP contribution in [-0.2, 0) is 11.8 Å². The summed E-state index contributed by atoms with van der Waals surface area (Å²) in [4.78, 5) is 12.3. The summed E-state index contributed by atoms with van der Waals surface area (Å²) in [6.45, 7) is 1.75. The minimum Gasteiger partial charge on any atom is -0.325 e. The molecule has 0 saturated heterocycles. The Morgan fingerprint density at radius 3 is 2.73 bits per heavy atom. The van der Waals surface area contributed by atoms with Crippen LogP contribution in [0.3, 0.4) is 0 Å². The largest absolute Gasteiger partial charge is 0.325 e. The number of benzene rings is 2. The number of aromatic nitrogens is 3. The summed E-state index contributed by atoms with van der Waals surface area (Å²) in [7, 11) is 1.82. The van der Waals surface area contributed by atoms with Gasteiger partial charge in [0.25, 0.3) is 0 Å². The summed E-state index contributed by atoms with van der Waals surface area (Å²) in [5, 5.41) is 11.7. The van der Waals surface area contributed by atoms with Crippen molar-refractivity contribution in [1.29, 1.82) is 0 Å². The smallest absolute Gasteiger partial charge is 0.237 e. The molecule has 1 aromatic heterocycles. The van der Waals surface area contributed by atoms with Gasteiger partial charge in [-0.05, 0) is 37.3 Å². The Kier molecular flexibility index (Phi) is 5.58. The molecule has 1 amide bonds. The van der Waals surface area contributed by atoms with E-state index in [1.54, 1.807) is 29.7 Å². The minimum atomic E-state index is -0.444. The molecule has 3 aromatic rings. The lowest BCUT2D eigenvalue weighted by atomic mass is 10.2. The van der Waals surface area contributed by atoms with E-state index >= 15 is 0 Å². The van der Waals surface area contributed by atoms with Gasteiger partial charge in [0, 0.05) is 18.3 Å². The summed E-state index contributed by atoms with van der Waals surface area (Å²) in [6, 6.07) is 13.1. The highest BCUT2D eigenvalue weighted by Gasteiger charge is 2.20. The molecular weight excluding hydrogens is 375 g/mol. The third-order valence-corrected chi connectivity index (χ3v) is 5.16. The fourth-order valence-electron chi connectivity index (χ4n) is 2.32. The number of amides is 1. The van der Waals surface area contributed by atoms with Crippen LogP contribution in [-0.4, -0.2) is 25.9 Å². The first kappa shape index (κ1) is 18.4. The molecule has 1 heterocycles. The monoisotopic (exact) mass is 390 g/mol. The van der Waals surface area contributed by atoms with E-state index in [9.17, 15) is 9.18 Å². The van der Waals surface area contributed by atoms with Crippen molar-refractivity contribution < 1.29 is 9.18 Å². The number of rotatable bonds is 5. The van der Waals surface area contributed by atoms with Crippen LogP contribution in [0.25, 0.3) is 11.4 Å². The molecule has 0 aliphatic heterocycles. The molecule has 134 valence electrons. The molecule has 0 spiro atoms. The number of nitrogens with one attached hydrogen (secondary N) is 1. The van der Waals surface area contributed by atoms with Crippen molar-refractivity contribution in [3.05, 3.63) is 59.4 Å². The molecule has 26 heavy (non-hydrogen) atoms. The van der Waals surface area contributed by atoms with Gasteiger partial charge >= 0.3 is 0 Å². The fourth-order valence-corrected chi connectivity index (χ4v) is 3.35. The second-order valence-electron chi connectivity index (χ2n) is 5.60. The van der Waals surface area contributed by atoms with Crippen LogP contribution in [0.4, 0.5) is 10.1 Å². The first-order chi connectivity index (χ1) is 12.5. The molecule has 5 nitrogen and oxygen atoms in total. The number of halogens is 2. The molecule has 1 N–H and O–H groups in total. The quantitative estimate of drug-likeness (QED) is 0.656. The van der Waals surface area contributed by atoms with Gasteiger partial charge in [-0.3, -0.25) is 4.79 Å². The summed E-state index contributed by atoms with van der Waals surface area (Å²) in [5.74, 6) is -0.0282. The Morgan fingerprint density at radius 1 is 1.23 bits per heavy atom. The lowest BCUT2D eigenvalue weighted by Crippen LogP contribution is -2.22. The summed E-state index contributed by atoms with van der Waals surface area (Å²) in [6.07, 6.45) is 0. The highest BCUT2D eigenvalue weighted by molar-refractivity contribution is 8.00. The van der Waals surface area contributed by atoms with E-state index in [0.29, 0.717) is 21.7 Å². The maximum atomic E-state index is 13.2. The molecule has 0 radical (unpaired) electrons. The van der Waals surface area contributed by atoms with Crippen molar-refractivity contribution in [2.24, 2.45) is 7.05 Å². The van der Waals surface area contributed by atoms with Crippen molar-refractivity contribution in [2.75, 3.05) is 5.32 Å². The molecule has 0 aliphatic rings. The van der Waals surface area contributed by atoms with Crippen LogP contribution in [0.15, 0.2) is 53.7 Å². The zero-order valence-electron chi connectivity index (χ0n) is 14.1. The number of thioether (sulfide) groups is 1. The Morgan fingerprint density at radius 2 is 2.00 bits per heavy atom. The van der Waals surface area contributed by atoms with Gasteiger partial charge in [0.05, 0.1) is 10.3 Å². The van der Waals surface area contributed by atoms with Gasteiger partial charge in [-0.2, -0.15) is 0 Å². The Balaban J connectivity index is 1.73. The normalized spacial score (nSPS) is 12.0. The predicted molar refractivity (Wildman–Crippen MR) is 102 cm³/mol. The van der Waals surface area contributed by atoms with Crippen LogP contribution in [0.1, 0.15) is 6.92 Å². The van der Waals surface area contributed by atoms with Crippen LogP contribution in [0.2, 0.25) is 5.02 Å². The van der Waals surface area contributed by atoms with Crippen molar-refractivity contribution in [1.82, 2.24) is 14.8 Å². The maximum absolute atomic E-state index is 13.2. The van der Waals surface area contributed by atoms with E-state index in [1.165, 1.54) is 23.9 Å². The highest BCUT2D eigenvalue weighted by Crippen LogP contribution is 2.29. The average Bonchev–Trinajstić information content (AvgIpc) is 2.96. The van der Waals surface area contributed by atoms with Gasteiger partial charge in [0.2, 0.25) is 5.91 Å². The molecule has 0 unspecified atom stereocenters. The average molecular weight is 391 g/mol. The molecule has 8 heteroatoms. The van der Waals surface area contributed by atoms with Crippen LogP contribution >= 0.6 is 23.4 Å². The second kappa shape index (κ2) is 7.88. The van der Waals surface area contributed by atoms with E-state index in [4.69, 9.17) is 11.6 Å². The molecule has 0 bridgehead atoms. The van der Waals surface area contributed by atoms with E-state index in [1.807, 2.05) is 25.2 Å². The zero-order valence-corrected chi connectivity index (χ0v) is 15.7. The lowest BCUT2D eigenvalue weighted by molar-refractivity contribution is -0.115. The molecule has 3 rings (SSSR count). The van der Waals surface area contributed by atoms with Gasteiger partial charge < -0.3 is 9.88 Å². The topological polar surface area (TPSA) is 59.8 Å². The van der Waals surface area contributed by atoms with Gasteiger partial charge in [0.1, 0.15) is 5.82 Å². The minimum absolute atomic E-state index is 0.247. The Bertz CT molecular complexity index is 946. The summed E-state index contributed by atoms with van der Waals surface area (Å²) in [5.41, 5.74) is 1.19. The van der Waals surface area contributed by atoms with E-state index in [-0.39, 0.29) is 5.91 Å². The number of nitrogens with zero attached hydrogens (tertiary/aromatic N) is 3. The molecule has 0 fully saturated rings. The summed E-state index contributed by atoms with van der Waals surface area (Å²) >= 11 is 7.48. The zero-order chi connectivity index (χ0) is 18.7. The third-order valence-electron chi connectivity index (χ3n) is 3.69. The van der Waals surface area contributed by atoms with Gasteiger partial charge in [-0.1, -0.05) is 41.6 Å². The fraction of sp³-hybridized carbons (Fsp3) is 0.167. The van der Waals surface area contributed by atoms with Gasteiger partial charge in [-0.25, -0.2) is 4.39 Å². The predicted octanol–water partition coefficient (Wildman–Crippen LogP) is 4.39. The molecule has 2 aromatic carbocycles.